The van der Waals surface area contributed by atoms with Gasteiger partial charge < -0.3 is 10.1 Å². The number of amidine groups is 1. The van der Waals surface area contributed by atoms with Gasteiger partial charge >= 0.3 is 0 Å². The molecule has 0 aromatic heterocycles. The van der Waals surface area contributed by atoms with E-state index in [0.717, 1.165) is 31.0 Å². The van der Waals surface area contributed by atoms with Gasteiger partial charge in [0.1, 0.15) is 6.61 Å². The van der Waals surface area contributed by atoms with Crippen molar-refractivity contribution >= 4 is 6.02 Å². The number of rotatable bonds is 2. The van der Waals surface area contributed by atoms with Crippen LogP contribution in [-0.2, 0) is 4.74 Å². The van der Waals surface area contributed by atoms with Gasteiger partial charge in [-0.3, -0.25) is 0 Å². The molecule has 2 bridgehead atoms. The van der Waals surface area contributed by atoms with Crippen molar-refractivity contribution in [2.24, 2.45) is 16.8 Å². The van der Waals surface area contributed by atoms with Gasteiger partial charge in [0, 0.05) is 5.92 Å². The molecule has 1 aromatic carbocycles. The highest BCUT2D eigenvalue weighted by Crippen LogP contribution is 2.54. The van der Waals surface area contributed by atoms with Crippen molar-refractivity contribution in [3.63, 3.8) is 0 Å². The summed E-state index contributed by atoms with van der Waals surface area (Å²) in [6, 6.07) is 10.0. The first-order valence-corrected chi connectivity index (χ1v) is 7.83. The summed E-state index contributed by atoms with van der Waals surface area (Å²) in [5.41, 5.74) is 2.92. The Kier molecular flexibility index (Phi) is 2.94. The van der Waals surface area contributed by atoms with E-state index in [2.05, 4.69) is 36.5 Å². The number of nitrogens with zero attached hydrogens (tertiary/aromatic N) is 1. The van der Waals surface area contributed by atoms with E-state index in [-0.39, 0.29) is 0 Å². The Hall–Kier alpha value is -1.51. The number of hydrogen-bond donors (Lipinski definition) is 1. The Morgan fingerprint density at radius 1 is 1.20 bits per heavy atom. The van der Waals surface area contributed by atoms with Gasteiger partial charge in [-0.05, 0) is 49.1 Å². The van der Waals surface area contributed by atoms with Crippen LogP contribution in [0, 0.1) is 18.8 Å². The Bertz CT molecular complexity index is 532. The summed E-state index contributed by atoms with van der Waals surface area (Å²) in [6.07, 6.45) is 4.06. The zero-order valence-corrected chi connectivity index (χ0v) is 12.0. The Labute approximate surface area is 120 Å². The zero-order chi connectivity index (χ0) is 13.5. The number of aryl methyl sites for hydroxylation is 1. The van der Waals surface area contributed by atoms with Crippen molar-refractivity contribution in [1.82, 2.24) is 5.32 Å². The second-order valence-corrected chi connectivity index (χ2v) is 6.42. The van der Waals surface area contributed by atoms with Gasteiger partial charge in [0.05, 0.1) is 12.6 Å². The largest absolute Gasteiger partial charge is 0.463 e. The van der Waals surface area contributed by atoms with Crippen molar-refractivity contribution in [3.05, 3.63) is 35.4 Å². The molecule has 2 aliphatic carbocycles. The van der Waals surface area contributed by atoms with E-state index in [1.54, 1.807) is 0 Å². The summed E-state index contributed by atoms with van der Waals surface area (Å²) in [5, 5.41) is 3.26. The van der Waals surface area contributed by atoms with Crippen molar-refractivity contribution in [2.45, 2.75) is 38.1 Å². The minimum absolute atomic E-state index is 0.412. The molecule has 3 heteroatoms. The third-order valence-electron chi connectivity index (χ3n) is 5.30. The van der Waals surface area contributed by atoms with E-state index in [0.29, 0.717) is 12.0 Å². The minimum atomic E-state index is 0.412. The molecule has 1 N–H and O–H groups in total. The molecule has 1 saturated heterocycles. The predicted octanol–water partition coefficient (Wildman–Crippen LogP) is 2.85. The SMILES string of the molecule is Cc1ccccc1C1C2CCC(C2)C1/N=C1/NCCO1. The molecule has 1 aliphatic heterocycles. The monoisotopic (exact) mass is 270 g/mol. The van der Waals surface area contributed by atoms with E-state index in [1.165, 1.54) is 30.4 Å². The second kappa shape index (κ2) is 4.80. The lowest BCUT2D eigenvalue weighted by Crippen LogP contribution is -2.28. The van der Waals surface area contributed by atoms with E-state index in [1.807, 2.05) is 0 Å². The highest BCUT2D eigenvalue weighted by Gasteiger charge is 2.48. The van der Waals surface area contributed by atoms with Crippen LogP contribution in [0.15, 0.2) is 29.3 Å². The number of nitrogens with one attached hydrogen (secondary N) is 1. The number of benzene rings is 1. The Morgan fingerprint density at radius 3 is 2.85 bits per heavy atom. The molecule has 4 rings (SSSR count). The lowest BCUT2D eigenvalue weighted by atomic mass is 9.78. The van der Waals surface area contributed by atoms with Gasteiger partial charge in [-0.2, -0.15) is 0 Å². The van der Waals surface area contributed by atoms with Gasteiger partial charge in [-0.25, -0.2) is 4.99 Å². The molecule has 2 saturated carbocycles. The highest BCUT2D eigenvalue weighted by atomic mass is 16.5. The molecule has 0 radical (unpaired) electrons. The van der Waals surface area contributed by atoms with Crippen LogP contribution in [0.3, 0.4) is 0 Å². The Morgan fingerprint density at radius 2 is 2.05 bits per heavy atom. The molecule has 1 heterocycles. The van der Waals surface area contributed by atoms with Crippen molar-refractivity contribution in [1.29, 1.82) is 0 Å². The number of ether oxygens (including phenoxy) is 1. The summed E-state index contributed by atoms with van der Waals surface area (Å²) in [5.74, 6) is 2.16. The standard InChI is InChI=1S/C17H22N2O/c1-11-4-2-3-5-14(11)15-12-6-7-13(10-12)16(15)19-17-18-8-9-20-17/h2-5,12-13,15-16H,6-10H2,1H3,(H,18,19). The normalized spacial score (nSPS) is 37.1. The third-order valence-corrected chi connectivity index (χ3v) is 5.30. The third kappa shape index (κ3) is 1.91. The topological polar surface area (TPSA) is 33.6 Å². The van der Waals surface area contributed by atoms with Crippen molar-refractivity contribution in [3.8, 4) is 0 Å². The van der Waals surface area contributed by atoms with Gasteiger partial charge in [-0.1, -0.05) is 24.3 Å². The van der Waals surface area contributed by atoms with Crippen LogP contribution in [0.4, 0.5) is 0 Å². The van der Waals surface area contributed by atoms with Gasteiger partial charge in [-0.15, -0.1) is 0 Å². The molecular formula is C17H22N2O. The summed E-state index contributed by atoms with van der Waals surface area (Å²) >= 11 is 0. The quantitative estimate of drug-likeness (QED) is 0.896. The van der Waals surface area contributed by atoms with E-state index >= 15 is 0 Å². The fourth-order valence-electron chi connectivity index (χ4n) is 4.42. The first kappa shape index (κ1) is 12.2. The van der Waals surface area contributed by atoms with Crippen LogP contribution < -0.4 is 5.32 Å². The Balaban J connectivity index is 1.69. The van der Waals surface area contributed by atoms with Gasteiger partial charge in [0.15, 0.2) is 0 Å². The van der Waals surface area contributed by atoms with Crippen LogP contribution in [0.5, 0.6) is 0 Å². The molecular weight excluding hydrogens is 248 g/mol. The van der Waals surface area contributed by atoms with E-state index in [4.69, 9.17) is 9.73 Å². The summed E-state index contributed by atoms with van der Waals surface area (Å²) in [4.78, 5) is 4.94. The molecule has 3 nitrogen and oxygen atoms in total. The fraction of sp³-hybridized carbons (Fsp3) is 0.588. The van der Waals surface area contributed by atoms with Crippen molar-refractivity contribution in [2.75, 3.05) is 13.2 Å². The summed E-state index contributed by atoms with van der Waals surface area (Å²) in [7, 11) is 0. The van der Waals surface area contributed by atoms with Gasteiger partial charge in [0.2, 0.25) is 0 Å². The van der Waals surface area contributed by atoms with Gasteiger partial charge in [0.25, 0.3) is 6.02 Å². The maximum Gasteiger partial charge on any atom is 0.285 e. The summed E-state index contributed by atoms with van der Waals surface area (Å²) in [6.45, 7) is 3.89. The second-order valence-electron chi connectivity index (χ2n) is 6.42. The molecule has 0 spiro atoms. The smallest absolute Gasteiger partial charge is 0.285 e. The highest BCUT2D eigenvalue weighted by molar-refractivity contribution is 5.75. The van der Waals surface area contributed by atoms with Crippen LogP contribution in [-0.4, -0.2) is 25.2 Å². The number of aliphatic imine (C=N–C) groups is 1. The number of hydrogen-bond acceptors (Lipinski definition) is 2. The van der Waals surface area contributed by atoms with Crippen LogP contribution in [0.25, 0.3) is 0 Å². The van der Waals surface area contributed by atoms with Crippen LogP contribution >= 0.6 is 0 Å². The van der Waals surface area contributed by atoms with Crippen LogP contribution in [0.1, 0.15) is 36.3 Å². The molecule has 0 amide bonds. The average molecular weight is 270 g/mol. The fourth-order valence-corrected chi connectivity index (χ4v) is 4.42. The number of fused-ring (bicyclic) bond motifs is 2. The summed E-state index contributed by atoms with van der Waals surface area (Å²) < 4.78 is 5.58. The molecule has 1 aromatic rings. The predicted molar refractivity (Wildman–Crippen MR) is 79.9 cm³/mol. The maximum atomic E-state index is 5.58. The first-order chi connectivity index (χ1) is 9.83. The minimum Gasteiger partial charge on any atom is -0.463 e. The molecule has 20 heavy (non-hydrogen) atoms. The molecule has 4 unspecified atom stereocenters. The first-order valence-electron chi connectivity index (χ1n) is 7.83. The maximum absolute atomic E-state index is 5.58. The molecule has 3 fully saturated rings. The van der Waals surface area contributed by atoms with Crippen molar-refractivity contribution < 1.29 is 4.74 Å². The van der Waals surface area contributed by atoms with Crippen LogP contribution in [0.2, 0.25) is 0 Å². The lowest BCUT2D eigenvalue weighted by molar-refractivity contribution is 0.329. The average Bonchev–Trinajstić information content (AvgIpc) is 3.16. The molecule has 3 aliphatic rings. The lowest BCUT2D eigenvalue weighted by Gasteiger charge is -2.29. The zero-order valence-electron chi connectivity index (χ0n) is 12.0. The molecule has 4 atom stereocenters. The molecule has 106 valence electrons. The van der Waals surface area contributed by atoms with E-state index in [9.17, 15) is 0 Å². The van der Waals surface area contributed by atoms with E-state index < -0.39 is 0 Å².